The minimum atomic E-state index is -3.28. The molecule has 0 radical (unpaired) electrons. The van der Waals surface area contributed by atoms with Gasteiger partial charge in [0.05, 0.1) is 22.3 Å². The zero-order valence-electron chi connectivity index (χ0n) is 12.5. The highest BCUT2D eigenvalue weighted by molar-refractivity contribution is 7.91. The largest absolute Gasteiger partial charge is 0.301 e. The summed E-state index contributed by atoms with van der Waals surface area (Å²) in [5, 5.41) is 8.74. The third kappa shape index (κ3) is 4.03. The smallest absolute Gasteiger partial charge is 0.179 e. The number of sulfone groups is 1. The number of hydrogen-bond donors (Lipinski definition) is 0. The molecule has 1 fully saturated rings. The van der Waals surface area contributed by atoms with Crippen molar-refractivity contribution in [2.45, 2.75) is 17.9 Å². The van der Waals surface area contributed by atoms with E-state index in [0.717, 1.165) is 19.6 Å². The summed E-state index contributed by atoms with van der Waals surface area (Å²) in [7, 11) is -1.19. The maximum absolute atomic E-state index is 12.3. The van der Waals surface area contributed by atoms with Gasteiger partial charge >= 0.3 is 0 Å². The molecule has 1 aliphatic heterocycles. The van der Waals surface area contributed by atoms with Gasteiger partial charge in [0, 0.05) is 32.2 Å². The van der Waals surface area contributed by atoms with Gasteiger partial charge in [0.1, 0.15) is 0 Å². The van der Waals surface area contributed by atoms with Crippen LogP contribution in [0.1, 0.15) is 12.5 Å². The molecule has 114 valence electrons. The number of hydrogen-bond acceptors (Lipinski definition) is 5. The van der Waals surface area contributed by atoms with Crippen LogP contribution >= 0.6 is 0 Å². The molecule has 0 spiro atoms. The van der Waals surface area contributed by atoms with Crippen LogP contribution in [0.5, 0.6) is 0 Å². The topological polar surface area (TPSA) is 64.4 Å². The maximum Gasteiger partial charge on any atom is 0.179 e. The molecular weight excluding hydrogens is 286 g/mol. The minimum Gasteiger partial charge on any atom is -0.301 e. The van der Waals surface area contributed by atoms with E-state index in [2.05, 4.69) is 23.8 Å². The lowest BCUT2D eigenvalue weighted by molar-refractivity contribution is 0.110. The third-order valence-corrected chi connectivity index (χ3v) is 5.77. The minimum absolute atomic E-state index is 0.120. The van der Waals surface area contributed by atoms with Gasteiger partial charge < -0.3 is 4.90 Å². The van der Waals surface area contributed by atoms with Crippen LogP contribution in [0.3, 0.4) is 0 Å². The van der Waals surface area contributed by atoms with Crippen LogP contribution in [-0.4, -0.2) is 63.2 Å². The van der Waals surface area contributed by atoms with E-state index in [-0.39, 0.29) is 5.75 Å². The van der Waals surface area contributed by atoms with Crippen molar-refractivity contribution in [2.75, 3.05) is 39.0 Å². The average Bonchev–Trinajstić information content (AvgIpc) is 2.48. The second-order valence-corrected chi connectivity index (χ2v) is 7.69. The molecule has 1 unspecified atom stereocenters. The molecule has 1 atom stereocenters. The van der Waals surface area contributed by atoms with E-state index in [9.17, 15) is 8.42 Å². The fourth-order valence-electron chi connectivity index (χ4n) is 2.43. The first-order valence-electron chi connectivity index (χ1n) is 7.08. The molecule has 1 aromatic carbocycles. The average molecular weight is 307 g/mol. The van der Waals surface area contributed by atoms with Crippen LogP contribution in [0.25, 0.3) is 0 Å². The van der Waals surface area contributed by atoms with Gasteiger partial charge in [-0.3, -0.25) is 4.90 Å². The van der Waals surface area contributed by atoms with Gasteiger partial charge in [0.25, 0.3) is 0 Å². The molecule has 0 amide bonds. The lowest BCUT2D eigenvalue weighted by atomic mass is 10.2. The van der Waals surface area contributed by atoms with Gasteiger partial charge in [-0.25, -0.2) is 8.42 Å². The number of benzene rings is 1. The molecule has 1 aliphatic rings. The first-order valence-corrected chi connectivity index (χ1v) is 8.73. The number of piperazine rings is 1. The van der Waals surface area contributed by atoms with Gasteiger partial charge in [-0.2, -0.15) is 5.26 Å². The normalized spacial score (nSPS) is 21.1. The summed E-state index contributed by atoms with van der Waals surface area (Å²) in [5.74, 6) is 0.120. The zero-order valence-corrected chi connectivity index (χ0v) is 13.3. The standard InChI is InChI=1S/C15H21N3O2S/c1-13-12-18(8-7-17(13)2)9-10-21(19,20)15-5-3-14(11-16)4-6-15/h3-6,13H,7-10,12H2,1-2H3. The highest BCUT2D eigenvalue weighted by Crippen LogP contribution is 2.13. The Morgan fingerprint density at radius 1 is 1.29 bits per heavy atom. The molecule has 0 saturated carbocycles. The van der Waals surface area contributed by atoms with E-state index in [4.69, 9.17) is 5.26 Å². The summed E-state index contributed by atoms with van der Waals surface area (Å²) in [5.41, 5.74) is 0.474. The Balaban J connectivity index is 1.96. The summed E-state index contributed by atoms with van der Waals surface area (Å²) < 4.78 is 24.6. The van der Waals surface area contributed by atoms with Crippen LogP contribution in [-0.2, 0) is 9.84 Å². The number of likely N-dealkylation sites (N-methyl/N-ethyl adjacent to an activating group) is 1. The highest BCUT2D eigenvalue weighted by Gasteiger charge is 2.22. The van der Waals surface area contributed by atoms with E-state index in [1.54, 1.807) is 12.1 Å². The van der Waals surface area contributed by atoms with Crippen molar-refractivity contribution >= 4 is 9.84 Å². The molecule has 6 heteroatoms. The van der Waals surface area contributed by atoms with Crippen molar-refractivity contribution < 1.29 is 8.42 Å². The van der Waals surface area contributed by atoms with Gasteiger partial charge in [-0.05, 0) is 38.2 Å². The molecule has 5 nitrogen and oxygen atoms in total. The van der Waals surface area contributed by atoms with Crippen LogP contribution in [0.4, 0.5) is 0 Å². The van der Waals surface area contributed by atoms with Crippen LogP contribution in [0.2, 0.25) is 0 Å². The Bertz CT molecular complexity index is 619. The third-order valence-electron chi connectivity index (χ3n) is 4.06. The SMILES string of the molecule is CC1CN(CCS(=O)(=O)c2ccc(C#N)cc2)CCN1C. The monoisotopic (exact) mass is 307 g/mol. The molecule has 21 heavy (non-hydrogen) atoms. The Kier molecular flexibility index (Phi) is 4.99. The molecule has 1 saturated heterocycles. The molecule has 1 aromatic rings. The zero-order chi connectivity index (χ0) is 15.5. The Morgan fingerprint density at radius 3 is 2.52 bits per heavy atom. The van der Waals surface area contributed by atoms with Crippen molar-refractivity contribution in [3.05, 3.63) is 29.8 Å². The van der Waals surface area contributed by atoms with E-state index in [1.807, 2.05) is 6.07 Å². The van der Waals surface area contributed by atoms with E-state index < -0.39 is 9.84 Å². The van der Waals surface area contributed by atoms with Crippen molar-refractivity contribution in [3.63, 3.8) is 0 Å². The quantitative estimate of drug-likeness (QED) is 0.829. The second-order valence-electron chi connectivity index (χ2n) is 5.59. The summed E-state index contributed by atoms with van der Waals surface area (Å²) in [6, 6.07) is 8.57. The van der Waals surface area contributed by atoms with Crippen molar-refractivity contribution in [2.24, 2.45) is 0 Å². The van der Waals surface area contributed by atoms with Crippen LogP contribution in [0, 0.1) is 11.3 Å². The summed E-state index contributed by atoms with van der Waals surface area (Å²) >= 11 is 0. The molecular formula is C15H21N3O2S. The lowest BCUT2D eigenvalue weighted by Crippen LogP contribution is -2.50. The van der Waals surface area contributed by atoms with Crippen LogP contribution < -0.4 is 0 Å². The molecule has 1 heterocycles. The molecule has 0 bridgehead atoms. The van der Waals surface area contributed by atoms with E-state index in [1.165, 1.54) is 12.1 Å². The van der Waals surface area contributed by atoms with Crippen molar-refractivity contribution in [1.82, 2.24) is 9.80 Å². The highest BCUT2D eigenvalue weighted by atomic mass is 32.2. The molecule has 2 rings (SSSR count). The molecule has 0 N–H and O–H groups in total. The van der Waals surface area contributed by atoms with Gasteiger partial charge in [0.2, 0.25) is 0 Å². The lowest BCUT2D eigenvalue weighted by Gasteiger charge is -2.37. The van der Waals surface area contributed by atoms with Crippen molar-refractivity contribution in [1.29, 1.82) is 5.26 Å². The van der Waals surface area contributed by atoms with Crippen molar-refractivity contribution in [3.8, 4) is 6.07 Å². The van der Waals surface area contributed by atoms with E-state index >= 15 is 0 Å². The Labute approximate surface area is 126 Å². The summed E-state index contributed by atoms with van der Waals surface area (Å²) in [4.78, 5) is 4.78. The second kappa shape index (κ2) is 6.56. The number of nitriles is 1. The molecule has 0 aromatic heterocycles. The van der Waals surface area contributed by atoms with Crippen LogP contribution in [0.15, 0.2) is 29.2 Å². The summed E-state index contributed by atoms with van der Waals surface area (Å²) in [6.45, 7) is 5.49. The first kappa shape index (κ1) is 16.0. The maximum atomic E-state index is 12.3. The first-order chi connectivity index (χ1) is 9.92. The molecule has 0 aliphatic carbocycles. The Morgan fingerprint density at radius 2 is 1.95 bits per heavy atom. The predicted molar refractivity (Wildman–Crippen MR) is 81.7 cm³/mol. The predicted octanol–water partition coefficient (Wildman–Crippen LogP) is 0.968. The van der Waals surface area contributed by atoms with Gasteiger partial charge in [0.15, 0.2) is 9.84 Å². The summed E-state index contributed by atoms with van der Waals surface area (Å²) in [6.07, 6.45) is 0. The fraction of sp³-hybridized carbons (Fsp3) is 0.533. The van der Waals surface area contributed by atoms with E-state index in [0.29, 0.717) is 23.0 Å². The fourth-order valence-corrected chi connectivity index (χ4v) is 3.72. The van der Waals surface area contributed by atoms with Gasteiger partial charge in [-0.15, -0.1) is 0 Å². The van der Waals surface area contributed by atoms with Gasteiger partial charge in [-0.1, -0.05) is 0 Å². The number of rotatable bonds is 4. The Hall–Kier alpha value is -1.42. The number of nitrogens with zero attached hydrogens (tertiary/aromatic N) is 3.